The number of hydrogen-bond donors (Lipinski definition) is 0. The van der Waals surface area contributed by atoms with Crippen LogP contribution in [0.3, 0.4) is 0 Å². The lowest BCUT2D eigenvalue weighted by Gasteiger charge is -2.32. The first-order valence-electron chi connectivity index (χ1n) is 9.43. The largest absolute Gasteiger partial charge is 0.362 e. The molecule has 0 aliphatic carbocycles. The van der Waals surface area contributed by atoms with Gasteiger partial charge in [-0.2, -0.15) is 5.26 Å². The maximum Gasteiger partial charge on any atom is 0.225 e. The van der Waals surface area contributed by atoms with Gasteiger partial charge in [0.05, 0.1) is 16.6 Å². The molecule has 146 valence electrons. The van der Waals surface area contributed by atoms with Crippen molar-refractivity contribution in [3.8, 4) is 6.07 Å². The van der Waals surface area contributed by atoms with Gasteiger partial charge in [0.2, 0.25) is 5.91 Å². The van der Waals surface area contributed by atoms with Gasteiger partial charge >= 0.3 is 0 Å². The van der Waals surface area contributed by atoms with Crippen molar-refractivity contribution in [2.24, 2.45) is 0 Å². The summed E-state index contributed by atoms with van der Waals surface area (Å²) in [5.41, 5.74) is 1.72. The summed E-state index contributed by atoms with van der Waals surface area (Å²) in [4.78, 5) is 16.5. The molecular weight excluding hydrogens is 377 g/mol. The van der Waals surface area contributed by atoms with E-state index >= 15 is 0 Å². The molecule has 0 bridgehead atoms. The maximum absolute atomic E-state index is 14.3. The third-order valence-corrected chi connectivity index (χ3v) is 5.72. The summed E-state index contributed by atoms with van der Waals surface area (Å²) >= 11 is 6.24. The quantitative estimate of drug-likeness (QED) is 0.703. The van der Waals surface area contributed by atoms with Crippen LogP contribution in [0.15, 0.2) is 42.5 Å². The van der Waals surface area contributed by atoms with Crippen LogP contribution < -0.4 is 4.90 Å². The standard InChI is InChI=1S/C22H23ClFN3O/c1-3-15(2)26-14-19(11-22(26)28)27(13-17-6-4-5-7-21(17)24)18-9-8-16(12-25)20(23)10-18/h4-10,15,19H,3,11,13-14H2,1-2H3/t15?,19-/m0/s1. The van der Waals surface area contributed by atoms with Crippen LogP contribution in [0.4, 0.5) is 10.1 Å². The number of halogens is 2. The average Bonchev–Trinajstić information content (AvgIpc) is 3.08. The van der Waals surface area contributed by atoms with Crippen molar-refractivity contribution in [1.29, 1.82) is 5.26 Å². The molecule has 2 atom stereocenters. The Morgan fingerprint density at radius 2 is 2.11 bits per heavy atom. The fourth-order valence-electron chi connectivity index (χ4n) is 3.58. The fraction of sp³-hybridized carbons (Fsp3) is 0.364. The number of anilines is 1. The van der Waals surface area contributed by atoms with Gasteiger partial charge in [0.1, 0.15) is 11.9 Å². The Labute approximate surface area is 170 Å². The second-order valence-electron chi connectivity index (χ2n) is 7.16. The highest BCUT2D eigenvalue weighted by Crippen LogP contribution is 2.30. The van der Waals surface area contributed by atoms with Crippen LogP contribution in [0.1, 0.15) is 37.8 Å². The van der Waals surface area contributed by atoms with Gasteiger partial charge in [0.15, 0.2) is 0 Å². The summed E-state index contributed by atoms with van der Waals surface area (Å²) in [5.74, 6) is -0.173. The number of carbonyl (C=O) groups is 1. The summed E-state index contributed by atoms with van der Waals surface area (Å²) in [6.45, 7) is 5.00. The molecule has 0 N–H and O–H groups in total. The first kappa shape index (κ1) is 20.2. The van der Waals surface area contributed by atoms with E-state index in [1.807, 2.05) is 22.8 Å². The average molecular weight is 400 g/mol. The molecule has 3 rings (SSSR count). The van der Waals surface area contributed by atoms with E-state index in [-0.39, 0.29) is 23.8 Å². The normalized spacial score (nSPS) is 17.5. The van der Waals surface area contributed by atoms with Gasteiger partial charge in [-0.15, -0.1) is 0 Å². The van der Waals surface area contributed by atoms with Gasteiger partial charge < -0.3 is 9.80 Å². The zero-order valence-corrected chi connectivity index (χ0v) is 16.8. The molecule has 1 aliphatic rings. The zero-order chi connectivity index (χ0) is 20.3. The molecule has 0 radical (unpaired) electrons. The van der Waals surface area contributed by atoms with E-state index < -0.39 is 0 Å². The van der Waals surface area contributed by atoms with Crippen molar-refractivity contribution in [2.75, 3.05) is 11.4 Å². The molecule has 0 saturated carbocycles. The first-order valence-corrected chi connectivity index (χ1v) is 9.81. The van der Waals surface area contributed by atoms with Crippen molar-refractivity contribution in [3.63, 3.8) is 0 Å². The van der Waals surface area contributed by atoms with Crippen molar-refractivity contribution in [3.05, 3.63) is 64.4 Å². The molecule has 1 unspecified atom stereocenters. The topological polar surface area (TPSA) is 47.3 Å². The third kappa shape index (κ3) is 4.13. The molecule has 4 nitrogen and oxygen atoms in total. The maximum atomic E-state index is 14.3. The van der Waals surface area contributed by atoms with Crippen LogP contribution in [-0.4, -0.2) is 29.4 Å². The Balaban J connectivity index is 1.96. The summed E-state index contributed by atoms with van der Waals surface area (Å²) in [6.07, 6.45) is 1.25. The Morgan fingerprint density at radius 3 is 2.75 bits per heavy atom. The number of hydrogen-bond acceptors (Lipinski definition) is 3. The van der Waals surface area contributed by atoms with Crippen LogP contribution >= 0.6 is 11.6 Å². The predicted molar refractivity (Wildman–Crippen MR) is 109 cm³/mol. The molecule has 28 heavy (non-hydrogen) atoms. The molecule has 1 saturated heterocycles. The van der Waals surface area contributed by atoms with Gasteiger partial charge in [-0.3, -0.25) is 4.79 Å². The van der Waals surface area contributed by atoms with Crippen LogP contribution in [0.25, 0.3) is 0 Å². The lowest BCUT2D eigenvalue weighted by molar-refractivity contribution is -0.129. The lowest BCUT2D eigenvalue weighted by atomic mass is 10.1. The van der Waals surface area contributed by atoms with E-state index in [1.54, 1.807) is 30.3 Å². The minimum atomic E-state index is -0.282. The second-order valence-corrected chi connectivity index (χ2v) is 7.56. The summed E-state index contributed by atoms with van der Waals surface area (Å²) in [6, 6.07) is 14.0. The van der Waals surface area contributed by atoms with Crippen molar-refractivity contribution in [1.82, 2.24) is 4.90 Å². The molecule has 1 aliphatic heterocycles. The number of nitrogens with zero attached hydrogens (tertiary/aromatic N) is 3. The minimum absolute atomic E-state index is 0.0925. The van der Waals surface area contributed by atoms with E-state index in [0.717, 1.165) is 12.1 Å². The van der Waals surface area contributed by atoms with Crippen molar-refractivity contribution < 1.29 is 9.18 Å². The van der Waals surface area contributed by atoms with Crippen LogP contribution in [0.2, 0.25) is 5.02 Å². The number of benzene rings is 2. The van der Waals surface area contributed by atoms with Crippen LogP contribution in [-0.2, 0) is 11.3 Å². The molecule has 2 aromatic rings. The highest BCUT2D eigenvalue weighted by Gasteiger charge is 2.36. The Morgan fingerprint density at radius 1 is 1.36 bits per heavy atom. The molecule has 0 aromatic heterocycles. The molecular formula is C22H23ClFN3O. The monoisotopic (exact) mass is 399 g/mol. The Kier molecular flexibility index (Phi) is 6.21. The highest BCUT2D eigenvalue weighted by atomic mass is 35.5. The number of nitriles is 1. The fourth-order valence-corrected chi connectivity index (χ4v) is 3.80. The Bertz CT molecular complexity index is 911. The number of carbonyl (C=O) groups excluding carboxylic acids is 1. The molecule has 1 fully saturated rings. The number of rotatable bonds is 6. The van der Waals surface area contributed by atoms with E-state index in [1.165, 1.54) is 6.07 Å². The zero-order valence-electron chi connectivity index (χ0n) is 16.0. The smallest absolute Gasteiger partial charge is 0.225 e. The summed E-state index contributed by atoms with van der Waals surface area (Å²) in [7, 11) is 0. The van der Waals surface area contributed by atoms with Crippen molar-refractivity contribution in [2.45, 2.75) is 45.3 Å². The van der Waals surface area contributed by atoms with E-state index in [4.69, 9.17) is 16.9 Å². The van der Waals surface area contributed by atoms with Gasteiger partial charge in [-0.25, -0.2) is 4.39 Å². The second kappa shape index (κ2) is 8.62. The molecule has 0 spiro atoms. The van der Waals surface area contributed by atoms with Gasteiger partial charge in [0.25, 0.3) is 0 Å². The van der Waals surface area contributed by atoms with E-state index in [9.17, 15) is 9.18 Å². The molecule has 1 amide bonds. The van der Waals surface area contributed by atoms with E-state index in [2.05, 4.69) is 13.0 Å². The number of amides is 1. The van der Waals surface area contributed by atoms with Crippen LogP contribution in [0, 0.1) is 17.1 Å². The van der Waals surface area contributed by atoms with E-state index in [0.29, 0.717) is 35.7 Å². The molecule has 6 heteroatoms. The Hall–Kier alpha value is -2.58. The molecule has 2 aromatic carbocycles. The highest BCUT2D eigenvalue weighted by molar-refractivity contribution is 6.32. The first-order chi connectivity index (χ1) is 13.4. The molecule has 1 heterocycles. The van der Waals surface area contributed by atoms with Gasteiger partial charge in [-0.05, 0) is 37.6 Å². The lowest BCUT2D eigenvalue weighted by Crippen LogP contribution is -2.39. The summed E-state index contributed by atoms with van der Waals surface area (Å²) in [5, 5.41) is 9.49. The predicted octanol–water partition coefficient (Wildman–Crippen LogP) is 4.76. The number of likely N-dealkylation sites (tertiary alicyclic amines) is 1. The minimum Gasteiger partial charge on any atom is -0.362 e. The SMILES string of the molecule is CCC(C)N1C[C@@H](N(Cc2ccccc2F)c2ccc(C#N)c(Cl)c2)CC1=O. The van der Waals surface area contributed by atoms with Crippen molar-refractivity contribution >= 4 is 23.2 Å². The summed E-state index contributed by atoms with van der Waals surface area (Å²) < 4.78 is 14.3. The van der Waals surface area contributed by atoms with Gasteiger partial charge in [-0.1, -0.05) is 36.7 Å². The third-order valence-electron chi connectivity index (χ3n) is 5.40. The van der Waals surface area contributed by atoms with Gasteiger partial charge in [0, 0.05) is 36.8 Å². The van der Waals surface area contributed by atoms with Crippen LogP contribution in [0.5, 0.6) is 0 Å².